The first-order valence-electron chi connectivity index (χ1n) is 11.1. The van der Waals surface area contributed by atoms with Gasteiger partial charge in [-0.1, -0.05) is 6.07 Å². The van der Waals surface area contributed by atoms with Gasteiger partial charge in [-0.3, -0.25) is 19.6 Å². The Labute approximate surface area is 175 Å². The van der Waals surface area contributed by atoms with Gasteiger partial charge in [0.25, 0.3) is 0 Å². The van der Waals surface area contributed by atoms with Crippen LogP contribution in [0, 0.1) is 5.92 Å². The van der Waals surface area contributed by atoms with Crippen LogP contribution in [0.5, 0.6) is 0 Å². The van der Waals surface area contributed by atoms with Crippen molar-refractivity contribution in [2.75, 3.05) is 39.8 Å². The maximum Gasteiger partial charge on any atom is 0.226 e. The molecule has 1 aromatic rings. The lowest BCUT2D eigenvalue weighted by Crippen LogP contribution is -2.51. The third-order valence-corrected chi connectivity index (χ3v) is 6.44. The number of rotatable bonds is 7. The largest absolute Gasteiger partial charge is 0.390 e. The zero-order valence-electron chi connectivity index (χ0n) is 18.4. The third kappa shape index (κ3) is 6.76. The molecule has 0 aliphatic carbocycles. The Morgan fingerprint density at radius 1 is 1.28 bits per heavy atom. The summed E-state index contributed by atoms with van der Waals surface area (Å²) in [5.41, 5.74) is 0.556. The first-order chi connectivity index (χ1) is 13.8. The van der Waals surface area contributed by atoms with Crippen LogP contribution in [-0.4, -0.2) is 82.1 Å². The molecule has 2 saturated heterocycles. The molecule has 6 nitrogen and oxygen atoms in total. The number of hydrogen-bond acceptors (Lipinski definition) is 5. The fraction of sp³-hybridized carbons (Fsp3) is 0.739. The van der Waals surface area contributed by atoms with Crippen molar-refractivity contribution < 1.29 is 9.90 Å². The standard InChI is InChI=1S/C23H38N4O2/c1-23(2,29)10-15-25(3)22(28)20-7-5-12-27(18-20)21-8-13-26(14-9-21)17-19-6-4-11-24-16-19/h4,6,11,16,20-21,29H,5,7-10,12-15,17-18H2,1-3H3/t20-/m1/s1. The van der Waals surface area contributed by atoms with Crippen LogP contribution in [0.25, 0.3) is 0 Å². The Hall–Kier alpha value is -1.50. The highest BCUT2D eigenvalue weighted by Gasteiger charge is 2.33. The van der Waals surface area contributed by atoms with E-state index in [4.69, 9.17) is 0 Å². The number of amides is 1. The van der Waals surface area contributed by atoms with Gasteiger partial charge in [-0.05, 0) is 77.2 Å². The zero-order valence-corrected chi connectivity index (χ0v) is 18.4. The van der Waals surface area contributed by atoms with Crippen LogP contribution in [0.3, 0.4) is 0 Å². The number of carbonyl (C=O) groups excluding carboxylic acids is 1. The van der Waals surface area contributed by atoms with Crippen molar-refractivity contribution in [2.24, 2.45) is 5.92 Å². The van der Waals surface area contributed by atoms with E-state index in [1.807, 2.05) is 30.4 Å². The maximum absolute atomic E-state index is 12.9. The highest BCUT2D eigenvalue weighted by molar-refractivity contribution is 5.78. The smallest absolute Gasteiger partial charge is 0.226 e. The predicted molar refractivity (Wildman–Crippen MR) is 115 cm³/mol. The summed E-state index contributed by atoms with van der Waals surface area (Å²) in [5, 5.41) is 9.93. The molecule has 3 rings (SSSR count). The van der Waals surface area contributed by atoms with Gasteiger partial charge in [-0.25, -0.2) is 0 Å². The molecule has 0 spiro atoms. The zero-order chi connectivity index (χ0) is 20.9. The van der Waals surface area contributed by atoms with Gasteiger partial charge in [0, 0.05) is 45.1 Å². The molecule has 29 heavy (non-hydrogen) atoms. The Morgan fingerprint density at radius 3 is 2.69 bits per heavy atom. The number of piperidine rings is 2. The van der Waals surface area contributed by atoms with Gasteiger partial charge in [-0.15, -0.1) is 0 Å². The molecule has 3 heterocycles. The molecule has 0 radical (unpaired) electrons. The van der Waals surface area contributed by atoms with Gasteiger partial charge in [0.05, 0.1) is 11.5 Å². The van der Waals surface area contributed by atoms with E-state index in [1.54, 1.807) is 13.8 Å². The second-order valence-electron chi connectivity index (χ2n) is 9.52. The summed E-state index contributed by atoms with van der Waals surface area (Å²) in [6.45, 7) is 9.42. The average Bonchev–Trinajstić information content (AvgIpc) is 2.72. The molecular formula is C23H38N4O2. The van der Waals surface area contributed by atoms with E-state index in [0.29, 0.717) is 19.0 Å². The maximum atomic E-state index is 12.9. The number of likely N-dealkylation sites (tertiary alicyclic amines) is 2. The second-order valence-corrected chi connectivity index (χ2v) is 9.52. The van der Waals surface area contributed by atoms with Crippen LogP contribution in [0.15, 0.2) is 24.5 Å². The number of carbonyl (C=O) groups is 1. The van der Waals surface area contributed by atoms with Gasteiger partial charge in [0.1, 0.15) is 0 Å². The number of nitrogens with zero attached hydrogens (tertiary/aromatic N) is 4. The lowest BCUT2D eigenvalue weighted by molar-refractivity contribution is -0.137. The Kier molecular flexibility index (Phi) is 7.66. The Bertz CT molecular complexity index is 638. The van der Waals surface area contributed by atoms with Crippen LogP contribution >= 0.6 is 0 Å². The predicted octanol–water partition coefficient (Wildman–Crippen LogP) is 2.38. The van der Waals surface area contributed by atoms with Crippen molar-refractivity contribution in [1.82, 2.24) is 19.7 Å². The van der Waals surface area contributed by atoms with Crippen LogP contribution in [0.1, 0.15) is 51.5 Å². The topological polar surface area (TPSA) is 59.9 Å². The van der Waals surface area contributed by atoms with Crippen LogP contribution < -0.4 is 0 Å². The summed E-state index contributed by atoms with van der Waals surface area (Å²) in [6.07, 6.45) is 8.84. The second kappa shape index (κ2) is 10.0. The number of pyridine rings is 1. The summed E-state index contributed by atoms with van der Waals surface area (Å²) < 4.78 is 0. The molecule has 1 atom stereocenters. The van der Waals surface area contributed by atoms with Crippen molar-refractivity contribution in [3.8, 4) is 0 Å². The molecule has 0 saturated carbocycles. The van der Waals surface area contributed by atoms with Crippen LogP contribution in [0.2, 0.25) is 0 Å². The van der Waals surface area contributed by atoms with Gasteiger partial charge in [0.15, 0.2) is 0 Å². The molecule has 0 unspecified atom stereocenters. The first-order valence-corrected chi connectivity index (χ1v) is 11.1. The molecule has 1 amide bonds. The van der Waals surface area contributed by atoms with E-state index in [0.717, 1.165) is 45.6 Å². The third-order valence-electron chi connectivity index (χ3n) is 6.44. The normalized spacial score (nSPS) is 22.6. The fourth-order valence-electron chi connectivity index (χ4n) is 4.60. The van der Waals surface area contributed by atoms with Gasteiger partial charge >= 0.3 is 0 Å². The van der Waals surface area contributed by atoms with Crippen LogP contribution in [0.4, 0.5) is 0 Å². The van der Waals surface area contributed by atoms with Crippen LogP contribution in [-0.2, 0) is 11.3 Å². The minimum atomic E-state index is -0.725. The first kappa shape index (κ1) is 22.2. The van der Waals surface area contributed by atoms with Crippen molar-refractivity contribution in [1.29, 1.82) is 0 Å². The summed E-state index contributed by atoms with van der Waals surface area (Å²) in [5.74, 6) is 0.344. The van der Waals surface area contributed by atoms with E-state index in [1.165, 1.54) is 18.4 Å². The van der Waals surface area contributed by atoms with E-state index < -0.39 is 5.60 Å². The number of aliphatic hydroxyl groups is 1. The molecular weight excluding hydrogens is 364 g/mol. The quantitative estimate of drug-likeness (QED) is 0.759. The summed E-state index contributed by atoms with van der Waals surface area (Å²) in [6, 6.07) is 4.75. The lowest BCUT2D eigenvalue weighted by atomic mass is 9.92. The Balaban J connectivity index is 1.45. The molecule has 0 bridgehead atoms. The SMILES string of the molecule is CN(CCC(C)(C)O)C(=O)[C@@H]1CCCN(C2CCN(Cc3cccnc3)CC2)C1. The van der Waals surface area contributed by atoms with Crippen molar-refractivity contribution >= 4 is 5.91 Å². The van der Waals surface area contributed by atoms with Gasteiger partial charge in [0.2, 0.25) is 5.91 Å². The van der Waals surface area contributed by atoms with E-state index >= 15 is 0 Å². The monoisotopic (exact) mass is 402 g/mol. The molecule has 1 N–H and O–H groups in total. The molecule has 2 aliphatic rings. The summed E-state index contributed by atoms with van der Waals surface area (Å²) >= 11 is 0. The van der Waals surface area contributed by atoms with E-state index in [-0.39, 0.29) is 11.8 Å². The molecule has 0 aromatic carbocycles. The van der Waals surface area contributed by atoms with Crippen molar-refractivity contribution in [2.45, 2.75) is 64.1 Å². The minimum Gasteiger partial charge on any atom is -0.390 e. The fourth-order valence-corrected chi connectivity index (χ4v) is 4.60. The number of hydrogen-bond donors (Lipinski definition) is 1. The molecule has 2 fully saturated rings. The number of aromatic nitrogens is 1. The van der Waals surface area contributed by atoms with Gasteiger partial charge in [-0.2, -0.15) is 0 Å². The molecule has 2 aliphatic heterocycles. The lowest BCUT2D eigenvalue weighted by Gasteiger charge is -2.42. The highest BCUT2D eigenvalue weighted by atomic mass is 16.3. The van der Waals surface area contributed by atoms with Crippen molar-refractivity contribution in [3.05, 3.63) is 30.1 Å². The summed E-state index contributed by atoms with van der Waals surface area (Å²) in [4.78, 5) is 24.0. The minimum absolute atomic E-state index is 0.101. The molecule has 1 aromatic heterocycles. The van der Waals surface area contributed by atoms with Gasteiger partial charge < -0.3 is 10.0 Å². The van der Waals surface area contributed by atoms with Crippen molar-refractivity contribution in [3.63, 3.8) is 0 Å². The Morgan fingerprint density at radius 2 is 2.03 bits per heavy atom. The van der Waals surface area contributed by atoms with E-state index in [2.05, 4.69) is 20.9 Å². The highest BCUT2D eigenvalue weighted by Crippen LogP contribution is 2.25. The molecule has 162 valence electrons. The average molecular weight is 403 g/mol. The summed E-state index contributed by atoms with van der Waals surface area (Å²) in [7, 11) is 1.88. The van der Waals surface area contributed by atoms with E-state index in [9.17, 15) is 9.90 Å². The molecule has 6 heteroatoms.